The molecule has 2 aromatic rings. The van der Waals surface area contributed by atoms with Crippen LogP contribution >= 0.6 is 0 Å². The van der Waals surface area contributed by atoms with Crippen molar-refractivity contribution >= 4 is 22.5 Å². The number of nitrogens with zero attached hydrogens (tertiary/aromatic N) is 1. The van der Waals surface area contributed by atoms with E-state index in [2.05, 4.69) is 15.5 Å². The highest BCUT2D eigenvalue weighted by molar-refractivity contribution is 5.94. The van der Waals surface area contributed by atoms with Crippen LogP contribution in [0.2, 0.25) is 0 Å². The van der Waals surface area contributed by atoms with Gasteiger partial charge in [0, 0.05) is 17.5 Å². The predicted molar refractivity (Wildman–Crippen MR) is 67.7 cm³/mol. The van der Waals surface area contributed by atoms with E-state index in [-0.39, 0.29) is 5.91 Å². The van der Waals surface area contributed by atoms with E-state index in [1.807, 2.05) is 19.1 Å². The Labute approximate surface area is 99.4 Å². The van der Waals surface area contributed by atoms with Gasteiger partial charge in [0.1, 0.15) is 0 Å². The maximum Gasteiger partial charge on any atom is 0.224 e. The Kier molecular flexibility index (Phi) is 3.39. The van der Waals surface area contributed by atoms with Crippen LogP contribution in [0.4, 0.5) is 5.69 Å². The molecule has 5 nitrogen and oxygen atoms in total. The third-order valence-corrected chi connectivity index (χ3v) is 2.67. The molecule has 90 valence electrons. The van der Waals surface area contributed by atoms with Crippen molar-refractivity contribution in [2.75, 3.05) is 11.9 Å². The van der Waals surface area contributed by atoms with Crippen molar-refractivity contribution in [1.29, 1.82) is 0 Å². The number of carbonyl (C=O) groups excluding carboxylic acids is 1. The summed E-state index contributed by atoms with van der Waals surface area (Å²) in [6.45, 7) is 2.50. The molecule has 1 aromatic carbocycles. The maximum atomic E-state index is 11.6. The zero-order valence-corrected chi connectivity index (χ0v) is 9.79. The van der Waals surface area contributed by atoms with Crippen molar-refractivity contribution in [1.82, 2.24) is 10.2 Å². The van der Waals surface area contributed by atoms with Crippen LogP contribution in [0.5, 0.6) is 0 Å². The number of rotatable bonds is 4. The van der Waals surface area contributed by atoms with Gasteiger partial charge in [0.15, 0.2) is 0 Å². The number of aromatic nitrogens is 2. The minimum Gasteiger partial charge on any atom is -0.330 e. The average molecular weight is 232 g/mol. The fourth-order valence-electron chi connectivity index (χ4n) is 1.72. The summed E-state index contributed by atoms with van der Waals surface area (Å²) in [6.07, 6.45) is 2.93. The van der Waals surface area contributed by atoms with E-state index in [1.54, 1.807) is 6.20 Å². The summed E-state index contributed by atoms with van der Waals surface area (Å²) >= 11 is 0. The smallest absolute Gasteiger partial charge is 0.224 e. The van der Waals surface area contributed by atoms with Gasteiger partial charge in [-0.05, 0) is 37.6 Å². The van der Waals surface area contributed by atoms with E-state index >= 15 is 0 Å². The van der Waals surface area contributed by atoms with E-state index in [0.717, 1.165) is 22.2 Å². The third-order valence-electron chi connectivity index (χ3n) is 2.67. The molecular weight excluding hydrogens is 216 g/mol. The fourth-order valence-corrected chi connectivity index (χ4v) is 1.72. The summed E-state index contributed by atoms with van der Waals surface area (Å²) in [7, 11) is 0. The van der Waals surface area contributed by atoms with Gasteiger partial charge in [-0.1, -0.05) is 0 Å². The molecule has 0 atom stereocenters. The highest BCUT2D eigenvalue weighted by Gasteiger charge is 2.06. The summed E-state index contributed by atoms with van der Waals surface area (Å²) < 4.78 is 0. The second kappa shape index (κ2) is 4.97. The number of amides is 1. The topological polar surface area (TPSA) is 83.8 Å². The zero-order valence-electron chi connectivity index (χ0n) is 9.79. The van der Waals surface area contributed by atoms with Crippen molar-refractivity contribution in [2.45, 2.75) is 19.8 Å². The van der Waals surface area contributed by atoms with Gasteiger partial charge in [-0.2, -0.15) is 5.10 Å². The molecule has 17 heavy (non-hydrogen) atoms. The van der Waals surface area contributed by atoms with E-state index in [0.29, 0.717) is 19.4 Å². The number of nitrogens with one attached hydrogen (secondary N) is 2. The van der Waals surface area contributed by atoms with Crippen LogP contribution in [-0.2, 0) is 4.79 Å². The number of nitrogens with two attached hydrogens (primary N) is 1. The minimum absolute atomic E-state index is 0.00239. The molecule has 0 saturated heterocycles. The zero-order chi connectivity index (χ0) is 12.3. The lowest BCUT2D eigenvalue weighted by Crippen LogP contribution is -2.14. The van der Waals surface area contributed by atoms with Crippen LogP contribution in [0.1, 0.15) is 18.4 Å². The van der Waals surface area contributed by atoms with Gasteiger partial charge in [0.05, 0.1) is 11.7 Å². The maximum absolute atomic E-state index is 11.6. The molecular formula is C12H16N4O. The molecule has 1 aromatic heterocycles. The molecule has 0 radical (unpaired) electrons. The first-order valence-electron chi connectivity index (χ1n) is 5.64. The van der Waals surface area contributed by atoms with Gasteiger partial charge in [0.2, 0.25) is 5.91 Å². The summed E-state index contributed by atoms with van der Waals surface area (Å²) in [5.41, 5.74) is 8.14. The van der Waals surface area contributed by atoms with Crippen LogP contribution < -0.4 is 11.1 Å². The summed E-state index contributed by atoms with van der Waals surface area (Å²) in [6, 6.07) is 3.90. The minimum atomic E-state index is -0.00239. The number of aromatic amines is 1. The van der Waals surface area contributed by atoms with E-state index < -0.39 is 0 Å². The van der Waals surface area contributed by atoms with Gasteiger partial charge in [-0.3, -0.25) is 9.89 Å². The fraction of sp³-hybridized carbons (Fsp3) is 0.333. The lowest BCUT2D eigenvalue weighted by atomic mass is 10.1. The Hall–Kier alpha value is -1.88. The van der Waals surface area contributed by atoms with Crippen molar-refractivity contribution in [3.63, 3.8) is 0 Å². The lowest BCUT2D eigenvalue weighted by Gasteiger charge is -2.08. The van der Waals surface area contributed by atoms with Gasteiger partial charge in [-0.25, -0.2) is 0 Å². The summed E-state index contributed by atoms with van der Waals surface area (Å²) in [4.78, 5) is 11.6. The van der Waals surface area contributed by atoms with Crippen LogP contribution in [0.15, 0.2) is 18.3 Å². The molecule has 0 spiro atoms. The largest absolute Gasteiger partial charge is 0.330 e. The summed E-state index contributed by atoms with van der Waals surface area (Å²) in [5.74, 6) is -0.00239. The molecule has 0 fully saturated rings. The molecule has 0 unspecified atom stereocenters. The van der Waals surface area contributed by atoms with Crippen molar-refractivity contribution in [3.05, 3.63) is 23.9 Å². The first-order chi connectivity index (χ1) is 8.20. The number of benzene rings is 1. The number of hydrogen-bond acceptors (Lipinski definition) is 3. The van der Waals surface area contributed by atoms with E-state index in [4.69, 9.17) is 5.73 Å². The molecule has 1 heterocycles. The highest BCUT2D eigenvalue weighted by Crippen LogP contribution is 2.21. The molecule has 0 aliphatic carbocycles. The number of carbonyl (C=O) groups is 1. The van der Waals surface area contributed by atoms with Crippen LogP contribution in [0, 0.1) is 6.92 Å². The Balaban J connectivity index is 2.17. The number of anilines is 1. The first kappa shape index (κ1) is 11.6. The summed E-state index contributed by atoms with van der Waals surface area (Å²) in [5, 5.41) is 10.8. The number of H-pyrrole nitrogens is 1. The Morgan fingerprint density at radius 2 is 2.35 bits per heavy atom. The van der Waals surface area contributed by atoms with E-state index in [1.165, 1.54) is 0 Å². The van der Waals surface area contributed by atoms with Crippen molar-refractivity contribution in [2.24, 2.45) is 5.73 Å². The standard InChI is InChI=1S/C12H16N4O/c1-8-5-9-7-14-16-11(9)6-10(8)15-12(17)3-2-4-13/h5-7H,2-4,13H2,1H3,(H,14,16)(H,15,17). The first-order valence-corrected chi connectivity index (χ1v) is 5.64. The van der Waals surface area contributed by atoms with Crippen LogP contribution in [-0.4, -0.2) is 22.6 Å². The van der Waals surface area contributed by atoms with Gasteiger partial charge < -0.3 is 11.1 Å². The second-order valence-electron chi connectivity index (χ2n) is 4.06. The van der Waals surface area contributed by atoms with E-state index in [9.17, 15) is 4.79 Å². The Morgan fingerprint density at radius 1 is 1.53 bits per heavy atom. The molecule has 2 rings (SSSR count). The molecule has 5 heteroatoms. The molecule has 1 amide bonds. The van der Waals surface area contributed by atoms with Gasteiger partial charge in [0.25, 0.3) is 0 Å². The Morgan fingerprint density at radius 3 is 3.12 bits per heavy atom. The normalized spacial score (nSPS) is 10.7. The molecule has 4 N–H and O–H groups in total. The monoisotopic (exact) mass is 232 g/mol. The molecule has 0 aliphatic rings. The van der Waals surface area contributed by atoms with Gasteiger partial charge >= 0.3 is 0 Å². The van der Waals surface area contributed by atoms with Crippen molar-refractivity contribution < 1.29 is 4.79 Å². The second-order valence-corrected chi connectivity index (χ2v) is 4.06. The SMILES string of the molecule is Cc1cc2cn[nH]c2cc1NC(=O)CCCN. The average Bonchev–Trinajstić information content (AvgIpc) is 2.74. The Bertz CT molecular complexity index is 532. The lowest BCUT2D eigenvalue weighted by molar-refractivity contribution is -0.116. The molecule has 0 aliphatic heterocycles. The third kappa shape index (κ3) is 2.62. The highest BCUT2D eigenvalue weighted by atomic mass is 16.1. The molecule has 0 bridgehead atoms. The van der Waals surface area contributed by atoms with Crippen molar-refractivity contribution in [3.8, 4) is 0 Å². The van der Waals surface area contributed by atoms with Crippen LogP contribution in [0.25, 0.3) is 10.9 Å². The predicted octanol–water partition coefficient (Wildman–Crippen LogP) is 1.55. The molecule has 0 saturated carbocycles. The number of aryl methyl sites for hydroxylation is 1. The van der Waals surface area contributed by atoms with Gasteiger partial charge in [-0.15, -0.1) is 0 Å². The quantitative estimate of drug-likeness (QED) is 0.747. The number of fused-ring (bicyclic) bond motifs is 1. The van der Waals surface area contributed by atoms with Crippen LogP contribution in [0.3, 0.4) is 0 Å². The number of hydrogen-bond donors (Lipinski definition) is 3.